The molecule has 3 heterocycles. The quantitative estimate of drug-likeness (QED) is 0.482. The molecule has 3 aliphatic rings. The van der Waals surface area contributed by atoms with Crippen LogP contribution in [0.4, 0.5) is 0 Å². The summed E-state index contributed by atoms with van der Waals surface area (Å²) < 4.78 is 0. The number of nitrogens with zero attached hydrogens (tertiary/aromatic N) is 2. The number of rotatable bonds is 0. The molecule has 0 radical (unpaired) electrons. The van der Waals surface area contributed by atoms with Crippen LogP contribution in [0.1, 0.15) is 12.8 Å². The first-order chi connectivity index (χ1) is 5.40. The first kappa shape index (κ1) is 6.87. The molecule has 11 heavy (non-hydrogen) atoms. The molecule has 0 amide bonds. The smallest absolute Gasteiger partial charge is 0.0912 e. The Morgan fingerprint density at radius 3 is 2.64 bits per heavy atom. The Bertz CT molecular complexity index is 216. The number of piperidine rings is 3. The summed E-state index contributed by atoms with van der Waals surface area (Å²) in [5, 5.41) is 8.50. The van der Waals surface area contributed by atoms with Gasteiger partial charge in [0.05, 0.1) is 6.07 Å². The van der Waals surface area contributed by atoms with Crippen molar-refractivity contribution in [1.82, 2.24) is 4.90 Å². The second kappa shape index (κ2) is 2.67. The monoisotopic (exact) mass is 148 g/mol. The Labute approximate surface area is 67.1 Å². The van der Waals surface area contributed by atoms with Gasteiger partial charge in [-0.2, -0.15) is 5.26 Å². The van der Waals surface area contributed by atoms with Crippen LogP contribution in [0.15, 0.2) is 11.6 Å². The fourth-order valence-corrected chi connectivity index (χ4v) is 2.10. The summed E-state index contributed by atoms with van der Waals surface area (Å²) in [6.45, 7) is 3.54. The van der Waals surface area contributed by atoms with Crippen LogP contribution in [0.3, 0.4) is 0 Å². The molecule has 3 rings (SSSR count). The van der Waals surface area contributed by atoms with Crippen molar-refractivity contribution >= 4 is 0 Å². The molecule has 0 aromatic carbocycles. The second-order valence-electron chi connectivity index (χ2n) is 3.40. The Morgan fingerprint density at radius 2 is 2.18 bits per heavy atom. The summed E-state index contributed by atoms with van der Waals surface area (Å²) in [6, 6.07) is 2.13. The zero-order chi connectivity index (χ0) is 7.68. The maximum Gasteiger partial charge on any atom is 0.0912 e. The summed E-state index contributed by atoms with van der Waals surface area (Å²) in [4.78, 5) is 2.43. The fourth-order valence-electron chi connectivity index (χ4n) is 2.10. The van der Waals surface area contributed by atoms with Gasteiger partial charge in [0.2, 0.25) is 0 Å². The van der Waals surface area contributed by atoms with Gasteiger partial charge in [0, 0.05) is 12.6 Å². The van der Waals surface area contributed by atoms with E-state index in [0.717, 1.165) is 12.5 Å². The van der Waals surface area contributed by atoms with Gasteiger partial charge in [0.15, 0.2) is 0 Å². The van der Waals surface area contributed by atoms with Crippen LogP contribution in [-0.4, -0.2) is 24.5 Å². The number of hydrogen-bond donors (Lipinski definition) is 0. The summed E-state index contributed by atoms with van der Waals surface area (Å²) in [7, 11) is 0. The lowest BCUT2D eigenvalue weighted by atomic mass is 9.84. The summed E-state index contributed by atoms with van der Waals surface area (Å²) in [5.74, 6) is 0.736. The molecule has 0 spiro atoms. The molecule has 2 bridgehead atoms. The van der Waals surface area contributed by atoms with Crippen LogP contribution in [0.25, 0.3) is 0 Å². The maximum absolute atomic E-state index is 8.50. The highest BCUT2D eigenvalue weighted by molar-refractivity contribution is 5.21. The minimum Gasteiger partial charge on any atom is -0.299 e. The standard InChI is InChI=1S/C9H12N2/c10-4-1-9-7-11-5-2-8(9)3-6-11/h1,8H,2-3,5-7H2/b9-1+. The predicted molar refractivity (Wildman–Crippen MR) is 42.9 cm³/mol. The van der Waals surface area contributed by atoms with Crippen LogP contribution in [0.2, 0.25) is 0 Å². The maximum atomic E-state index is 8.50. The molecule has 0 aromatic rings. The van der Waals surface area contributed by atoms with E-state index in [4.69, 9.17) is 5.26 Å². The number of hydrogen-bond acceptors (Lipinski definition) is 2. The highest BCUT2D eigenvalue weighted by Gasteiger charge is 2.28. The molecule has 2 nitrogen and oxygen atoms in total. The van der Waals surface area contributed by atoms with Crippen LogP contribution in [-0.2, 0) is 0 Å². The van der Waals surface area contributed by atoms with E-state index in [0.29, 0.717) is 0 Å². The SMILES string of the molecule is N#C/C=C1\CN2CCC1CC2. The van der Waals surface area contributed by atoms with Gasteiger partial charge >= 0.3 is 0 Å². The van der Waals surface area contributed by atoms with E-state index in [2.05, 4.69) is 11.0 Å². The summed E-state index contributed by atoms with van der Waals surface area (Å²) >= 11 is 0. The van der Waals surface area contributed by atoms with Crippen molar-refractivity contribution in [1.29, 1.82) is 5.26 Å². The van der Waals surface area contributed by atoms with Gasteiger partial charge in [-0.25, -0.2) is 0 Å². The van der Waals surface area contributed by atoms with Crippen LogP contribution in [0.5, 0.6) is 0 Å². The third-order valence-corrected chi connectivity index (χ3v) is 2.77. The summed E-state index contributed by atoms with van der Waals surface area (Å²) in [5.41, 5.74) is 1.37. The lowest BCUT2D eigenvalue weighted by Crippen LogP contribution is -2.42. The average molecular weight is 148 g/mol. The van der Waals surface area contributed by atoms with Crippen molar-refractivity contribution in [2.24, 2.45) is 5.92 Å². The Balaban J connectivity index is 2.16. The topological polar surface area (TPSA) is 27.0 Å². The van der Waals surface area contributed by atoms with E-state index in [1.807, 2.05) is 0 Å². The zero-order valence-electron chi connectivity index (χ0n) is 6.58. The van der Waals surface area contributed by atoms with Gasteiger partial charge in [-0.1, -0.05) is 0 Å². The van der Waals surface area contributed by atoms with Crippen molar-refractivity contribution in [2.45, 2.75) is 12.8 Å². The molecule has 0 atom stereocenters. The molecular formula is C9H12N2. The van der Waals surface area contributed by atoms with Gasteiger partial charge in [-0.05, 0) is 37.4 Å². The number of fused-ring (bicyclic) bond motifs is 3. The number of nitriles is 1. The third kappa shape index (κ3) is 1.17. The van der Waals surface area contributed by atoms with E-state index < -0.39 is 0 Å². The van der Waals surface area contributed by atoms with Gasteiger partial charge < -0.3 is 0 Å². The van der Waals surface area contributed by atoms with Crippen LogP contribution in [0, 0.1) is 17.2 Å². The first-order valence-electron chi connectivity index (χ1n) is 4.21. The van der Waals surface area contributed by atoms with Crippen LogP contribution >= 0.6 is 0 Å². The Morgan fingerprint density at radius 1 is 1.45 bits per heavy atom. The molecule has 3 aliphatic heterocycles. The first-order valence-corrected chi connectivity index (χ1v) is 4.21. The van der Waals surface area contributed by atoms with Crippen LogP contribution < -0.4 is 0 Å². The molecule has 58 valence electrons. The molecular weight excluding hydrogens is 136 g/mol. The molecule has 0 unspecified atom stereocenters. The Hall–Kier alpha value is -0.810. The fraction of sp³-hybridized carbons (Fsp3) is 0.667. The van der Waals surface area contributed by atoms with Gasteiger partial charge in [0.1, 0.15) is 0 Å². The lowest BCUT2D eigenvalue weighted by Gasteiger charge is -2.40. The highest BCUT2D eigenvalue weighted by Crippen LogP contribution is 2.31. The molecule has 0 aliphatic carbocycles. The minimum absolute atomic E-state index is 0.736. The molecule has 3 fully saturated rings. The normalized spacial score (nSPS) is 39.0. The van der Waals surface area contributed by atoms with Gasteiger partial charge in [0.25, 0.3) is 0 Å². The molecule has 0 saturated carbocycles. The molecule has 0 N–H and O–H groups in total. The van der Waals surface area contributed by atoms with Gasteiger partial charge in [-0.3, -0.25) is 4.90 Å². The molecule has 2 heteroatoms. The van der Waals surface area contributed by atoms with Crippen molar-refractivity contribution in [3.05, 3.63) is 11.6 Å². The number of allylic oxidation sites excluding steroid dienone is 1. The van der Waals surface area contributed by atoms with Crippen molar-refractivity contribution < 1.29 is 0 Å². The van der Waals surface area contributed by atoms with E-state index in [-0.39, 0.29) is 0 Å². The summed E-state index contributed by atoms with van der Waals surface area (Å²) in [6.07, 6.45) is 4.29. The third-order valence-electron chi connectivity index (χ3n) is 2.77. The van der Waals surface area contributed by atoms with Crippen molar-refractivity contribution in [2.75, 3.05) is 19.6 Å². The second-order valence-corrected chi connectivity index (χ2v) is 3.40. The lowest BCUT2D eigenvalue weighted by molar-refractivity contribution is 0.162. The largest absolute Gasteiger partial charge is 0.299 e. The minimum atomic E-state index is 0.736. The van der Waals surface area contributed by atoms with Crippen molar-refractivity contribution in [3.8, 4) is 6.07 Å². The predicted octanol–water partition coefficient (Wildman–Crippen LogP) is 1.16. The van der Waals surface area contributed by atoms with Gasteiger partial charge in [-0.15, -0.1) is 0 Å². The average Bonchev–Trinajstić information content (AvgIpc) is 2.07. The van der Waals surface area contributed by atoms with E-state index >= 15 is 0 Å². The van der Waals surface area contributed by atoms with E-state index in [1.54, 1.807) is 6.08 Å². The van der Waals surface area contributed by atoms with E-state index in [1.165, 1.54) is 31.5 Å². The highest BCUT2D eigenvalue weighted by atomic mass is 15.1. The zero-order valence-corrected chi connectivity index (χ0v) is 6.58. The molecule has 0 aromatic heterocycles. The Kier molecular flexibility index (Phi) is 1.67. The van der Waals surface area contributed by atoms with Crippen molar-refractivity contribution in [3.63, 3.8) is 0 Å². The molecule has 3 saturated heterocycles. The van der Waals surface area contributed by atoms with E-state index in [9.17, 15) is 0 Å².